The lowest BCUT2D eigenvalue weighted by atomic mass is 9.87. The van der Waals surface area contributed by atoms with Crippen LogP contribution in [0.25, 0.3) is 0 Å². The molecule has 5 heteroatoms. The van der Waals surface area contributed by atoms with Gasteiger partial charge >= 0.3 is 0 Å². The van der Waals surface area contributed by atoms with Gasteiger partial charge < -0.3 is 15.4 Å². The summed E-state index contributed by atoms with van der Waals surface area (Å²) in [6, 6.07) is 15.0. The second kappa shape index (κ2) is 9.79. The lowest BCUT2D eigenvalue weighted by Gasteiger charge is -2.21. The first-order valence-corrected chi connectivity index (χ1v) is 10.8. The summed E-state index contributed by atoms with van der Waals surface area (Å²) in [5.74, 6) is 0.576. The SMILES string of the molecule is CC(C)(C)c1ccc(OCC(=O)Nc2cccc(NC(=O)C3CCCCC3)c2)cc1. The van der Waals surface area contributed by atoms with Crippen molar-refractivity contribution in [3.8, 4) is 5.75 Å². The molecule has 2 aromatic rings. The van der Waals surface area contributed by atoms with Gasteiger partial charge in [0.25, 0.3) is 5.91 Å². The van der Waals surface area contributed by atoms with Crippen molar-refractivity contribution in [2.45, 2.75) is 58.3 Å². The molecule has 0 unspecified atom stereocenters. The second-order valence-corrected chi connectivity index (χ2v) is 9.02. The molecular weight excluding hydrogens is 376 g/mol. The summed E-state index contributed by atoms with van der Waals surface area (Å²) in [5, 5.41) is 5.80. The molecule has 2 aromatic carbocycles. The van der Waals surface area contributed by atoms with Crippen molar-refractivity contribution in [3.63, 3.8) is 0 Å². The normalized spacial score (nSPS) is 14.8. The number of ether oxygens (including phenoxy) is 1. The zero-order chi connectivity index (χ0) is 21.6. The van der Waals surface area contributed by atoms with E-state index in [1.54, 1.807) is 12.1 Å². The molecule has 0 aliphatic heterocycles. The molecule has 5 nitrogen and oxygen atoms in total. The van der Waals surface area contributed by atoms with E-state index in [-0.39, 0.29) is 29.8 Å². The zero-order valence-electron chi connectivity index (χ0n) is 18.2. The van der Waals surface area contributed by atoms with Gasteiger partial charge in [-0.25, -0.2) is 0 Å². The summed E-state index contributed by atoms with van der Waals surface area (Å²) in [4.78, 5) is 24.7. The quantitative estimate of drug-likeness (QED) is 0.661. The van der Waals surface area contributed by atoms with Gasteiger partial charge in [0.2, 0.25) is 5.91 Å². The number of anilines is 2. The van der Waals surface area contributed by atoms with E-state index < -0.39 is 0 Å². The molecule has 0 radical (unpaired) electrons. The highest BCUT2D eigenvalue weighted by Crippen LogP contribution is 2.26. The summed E-state index contributed by atoms with van der Waals surface area (Å²) in [7, 11) is 0. The van der Waals surface area contributed by atoms with Crippen LogP contribution in [0.1, 0.15) is 58.4 Å². The van der Waals surface area contributed by atoms with Crippen molar-refractivity contribution in [1.29, 1.82) is 0 Å². The van der Waals surface area contributed by atoms with Crippen LogP contribution in [0.15, 0.2) is 48.5 Å². The van der Waals surface area contributed by atoms with E-state index in [0.29, 0.717) is 17.1 Å². The van der Waals surface area contributed by atoms with Gasteiger partial charge in [0.15, 0.2) is 6.61 Å². The van der Waals surface area contributed by atoms with Crippen LogP contribution in [0.2, 0.25) is 0 Å². The summed E-state index contributed by atoms with van der Waals surface area (Å²) in [6.07, 6.45) is 5.36. The third-order valence-electron chi connectivity index (χ3n) is 5.48. The van der Waals surface area contributed by atoms with E-state index in [9.17, 15) is 9.59 Å². The summed E-state index contributed by atoms with van der Waals surface area (Å²) < 4.78 is 5.60. The molecule has 1 aliphatic carbocycles. The zero-order valence-corrected chi connectivity index (χ0v) is 18.2. The van der Waals surface area contributed by atoms with Gasteiger partial charge in [-0.1, -0.05) is 58.2 Å². The summed E-state index contributed by atoms with van der Waals surface area (Å²) in [6.45, 7) is 6.39. The predicted molar refractivity (Wildman–Crippen MR) is 121 cm³/mol. The number of benzene rings is 2. The maximum Gasteiger partial charge on any atom is 0.262 e. The topological polar surface area (TPSA) is 67.4 Å². The first kappa shape index (κ1) is 21.9. The summed E-state index contributed by atoms with van der Waals surface area (Å²) >= 11 is 0. The molecule has 30 heavy (non-hydrogen) atoms. The van der Waals surface area contributed by atoms with E-state index >= 15 is 0 Å². The fourth-order valence-electron chi connectivity index (χ4n) is 3.68. The van der Waals surface area contributed by atoms with E-state index in [1.807, 2.05) is 36.4 Å². The number of hydrogen-bond acceptors (Lipinski definition) is 3. The van der Waals surface area contributed by atoms with Gasteiger partial charge in [-0.2, -0.15) is 0 Å². The van der Waals surface area contributed by atoms with Gasteiger partial charge in [0.05, 0.1) is 0 Å². The largest absolute Gasteiger partial charge is 0.484 e. The molecule has 1 fully saturated rings. The Bertz CT molecular complexity index is 863. The first-order valence-electron chi connectivity index (χ1n) is 10.8. The molecule has 2 amide bonds. The van der Waals surface area contributed by atoms with Crippen molar-refractivity contribution >= 4 is 23.2 Å². The fourth-order valence-corrected chi connectivity index (χ4v) is 3.68. The van der Waals surface area contributed by atoms with Crippen LogP contribution in [-0.2, 0) is 15.0 Å². The van der Waals surface area contributed by atoms with E-state index in [4.69, 9.17) is 4.74 Å². The molecule has 160 valence electrons. The highest BCUT2D eigenvalue weighted by atomic mass is 16.5. The maximum atomic E-state index is 12.4. The Morgan fingerprint density at radius 1 is 0.933 bits per heavy atom. The minimum atomic E-state index is -0.245. The lowest BCUT2D eigenvalue weighted by Crippen LogP contribution is -2.25. The van der Waals surface area contributed by atoms with Crippen molar-refractivity contribution in [1.82, 2.24) is 0 Å². The Hall–Kier alpha value is -2.82. The molecule has 0 spiro atoms. The maximum absolute atomic E-state index is 12.4. The molecule has 0 saturated heterocycles. The molecule has 0 aromatic heterocycles. The first-order chi connectivity index (χ1) is 14.3. The number of amides is 2. The third-order valence-corrected chi connectivity index (χ3v) is 5.48. The molecular formula is C25H32N2O3. The Morgan fingerprint density at radius 2 is 1.57 bits per heavy atom. The van der Waals surface area contributed by atoms with Gasteiger partial charge in [0.1, 0.15) is 5.75 Å². The van der Waals surface area contributed by atoms with E-state index in [2.05, 4.69) is 31.4 Å². The highest BCUT2D eigenvalue weighted by molar-refractivity contribution is 5.95. The molecule has 0 atom stereocenters. The van der Waals surface area contributed by atoms with Crippen LogP contribution >= 0.6 is 0 Å². The molecule has 1 aliphatic rings. The third kappa shape index (κ3) is 6.34. The number of hydrogen-bond donors (Lipinski definition) is 2. The van der Waals surface area contributed by atoms with Gasteiger partial charge in [-0.3, -0.25) is 9.59 Å². The minimum absolute atomic E-state index is 0.0696. The smallest absolute Gasteiger partial charge is 0.262 e. The van der Waals surface area contributed by atoms with Gasteiger partial charge in [-0.05, 0) is 54.2 Å². The molecule has 0 bridgehead atoms. The van der Waals surface area contributed by atoms with Crippen molar-refractivity contribution in [2.75, 3.05) is 17.2 Å². The van der Waals surface area contributed by atoms with Crippen LogP contribution in [0.4, 0.5) is 11.4 Å². The van der Waals surface area contributed by atoms with Crippen LogP contribution < -0.4 is 15.4 Å². The number of rotatable bonds is 6. The Morgan fingerprint density at radius 3 is 2.20 bits per heavy atom. The van der Waals surface area contributed by atoms with E-state index in [1.165, 1.54) is 12.0 Å². The van der Waals surface area contributed by atoms with Crippen molar-refractivity contribution in [2.24, 2.45) is 5.92 Å². The van der Waals surface area contributed by atoms with Gasteiger partial charge in [0, 0.05) is 17.3 Å². The molecule has 1 saturated carbocycles. The Labute approximate surface area is 179 Å². The van der Waals surface area contributed by atoms with E-state index in [0.717, 1.165) is 25.7 Å². The van der Waals surface area contributed by atoms with Crippen molar-refractivity contribution < 1.29 is 14.3 Å². The van der Waals surface area contributed by atoms with Crippen molar-refractivity contribution in [3.05, 3.63) is 54.1 Å². The summed E-state index contributed by atoms with van der Waals surface area (Å²) in [5.41, 5.74) is 2.62. The predicted octanol–water partition coefficient (Wildman–Crippen LogP) is 5.52. The number of carbonyl (C=O) groups excluding carboxylic acids is 2. The van der Waals surface area contributed by atoms with Crippen LogP contribution in [0, 0.1) is 5.92 Å². The van der Waals surface area contributed by atoms with Crippen LogP contribution in [0.3, 0.4) is 0 Å². The molecule has 2 N–H and O–H groups in total. The highest BCUT2D eigenvalue weighted by Gasteiger charge is 2.21. The number of carbonyl (C=O) groups is 2. The average molecular weight is 409 g/mol. The Kier molecular flexibility index (Phi) is 7.14. The van der Waals surface area contributed by atoms with Crippen LogP contribution in [0.5, 0.6) is 5.75 Å². The number of nitrogens with one attached hydrogen (secondary N) is 2. The second-order valence-electron chi connectivity index (χ2n) is 9.02. The van der Waals surface area contributed by atoms with Crippen LogP contribution in [-0.4, -0.2) is 18.4 Å². The molecule has 0 heterocycles. The Balaban J connectivity index is 1.50. The minimum Gasteiger partial charge on any atom is -0.484 e. The molecule has 3 rings (SSSR count). The van der Waals surface area contributed by atoms with Gasteiger partial charge in [-0.15, -0.1) is 0 Å². The fraction of sp³-hybridized carbons (Fsp3) is 0.440. The monoisotopic (exact) mass is 408 g/mol. The average Bonchev–Trinajstić information content (AvgIpc) is 2.73. The standard InChI is InChI=1S/C25H32N2O3/c1-25(2,3)19-12-14-22(15-13-19)30-17-23(28)26-20-10-7-11-21(16-20)27-24(29)18-8-5-4-6-9-18/h7,10-16,18H,4-6,8-9,17H2,1-3H3,(H,26,28)(H,27,29). The lowest BCUT2D eigenvalue weighted by molar-refractivity contribution is -0.120.